The molecule has 1 aliphatic rings. The minimum Gasteiger partial charge on any atom is -0.480 e. The molecule has 104 valence electrons. The van der Waals surface area contributed by atoms with Crippen LogP contribution in [0.15, 0.2) is 36.5 Å². The lowest BCUT2D eigenvalue weighted by molar-refractivity contribution is -0.144. The van der Waals surface area contributed by atoms with Crippen molar-refractivity contribution < 1.29 is 9.90 Å². The van der Waals surface area contributed by atoms with Crippen molar-refractivity contribution in [1.29, 1.82) is 0 Å². The molecule has 1 aromatic carbocycles. The topological polar surface area (TPSA) is 53.4 Å². The van der Waals surface area contributed by atoms with Crippen molar-refractivity contribution in [3.05, 3.63) is 42.1 Å². The van der Waals surface area contributed by atoms with Gasteiger partial charge in [-0.15, -0.1) is 0 Å². The molecule has 1 saturated heterocycles. The third-order valence-corrected chi connectivity index (χ3v) is 3.95. The van der Waals surface area contributed by atoms with Gasteiger partial charge in [-0.2, -0.15) is 0 Å². The zero-order valence-electron chi connectivity index (χ0n) is 11.3. The average Bonchev–Trinajstić information content (AvgIpc) is 2.48. The lowest BCUT2D eigenvalue weighted by Crippen LogP contribution is -2.38. The van der Waals surface area contributed by atoms with E-state index in [-0.39, 0.29) is 0 Å². The van der Waals surface area contributed by atoms with Gasteiger partial charge in [-0.3, -0.25) is 14.7 Å². The number of pyridine rings is 1. The number of carboxylic acid groups (broad SMARTS) is 1. The Morgan fingerprint density at radius 1 is 1.15 bits per heavy atom. The fourth-order valence-corrected chi connectivity index (χ4v) is 3.01. The minimum absolute atomic E-state index is 0.589. The molecule has 1 atom stereocenters. The molecular weight excluding hydrogens is 252 g/mol. The van der Waals surface area contributed by atoms with Gasteiger partial charge in [0, 0.05) is 17.1 Å². The van der Waals surface area contributed by atoms with E-state index in [4.69, 9.17) is 0 Å². The maximum atomic E-state index is 11.8. The fourth-order valence-electron chi connectivity index (χ4n) is 3.01. The Balaban J connectivity index is 2.07. The van der Waals surface area contributed by atoms with Crippen LogP contribution < -0.4 is 0 Å². The quantitative estimate of drug-likeness (QED) is 0.931. The van der Waals surface area contributed by atoms with Crippen molar-refractivity contribution >= 4 is 16.9 Å². The number of rotatable bonds is 3. The molecule has 3 rings (SSSR count). The van der Waals surface area contributed by atoms with Crippen LogP contribution in [0.2, 0.25) is 0 Å². The summed E-state index contributed by atoms with van der Waals surface area (Å²) in [6, 6.07) is 9.04. The van der Waals surface area contributed by atoms with Gasteiger partial charge in [0.05, 0.1) is 5.52 Å². The highest BCUT2D eigenvalue weighted by molar-refractivity contribution is 5.87. The van der Waals surface area contributed by atoms with E-state index in [0.717, 1.165) is 42.4 Å². The molecular formula is C16H18N2O2. The molecule has 1 aromatic heterocycles. The van der Waals surface area contributed by atoms with Crippen LogP contribution in [0, 0.1) is 0 Å². The Kier molecular flexibility index (Phi) is 3.65. The van der Waals surface area contributed by atoms with E-state index in [1.807, 2.05) is 30.3 Å². The highest BCUT2D eigenvalue weighted by Gasteiger charge is 2.29. The second-order valence-corrected chi connectivity index (χ2v) is 5.26. The molecule has 1 unspecified atom stereocenters. The van der Waals surface area contributed by atoms with E-state index in [0.29, 0.717) is 0 Å². The van der Waals surface area contributed by atoms with Crippen LogP contribution in [-0.4, -0.2) is 34.0 Å². The van der Waals surface area contributed by atoms with Crippen molar-refractivity contribution in [1.82, 2.24) is 9.88 Å². The zero-order chi connectivity index (χ0) is 13.9. The van der Waals surface area contributed by atoms with Gasteiger partial charge < -0.3 is 5.11 Å². The van der Waals surface area contributed by atoms with Gasteiger partial charge in [-0.25, -0.2) is 0 Å². The Morgan fingerprint density at radius 2 is 1.90 bits per heavy atom. The third kappa shape index (κ3) is 2.39. The van der Waals surface area contributed by atoms with Gasteiger partial charge in [0.15, 0.2) is 0 Å². The molecule has 0 amide bonds. The molecule has 0 aliphatic carbocycles. The van der Waals surface area contributed by atoms with E-state index in [1.54, 1.807) is 6.20 Å². The SMILES string of the molecule is O=C(O)C(c1cccc2cccnc12)N1CCCCC1. The Labute approximate surface area is 118 Å². The van der Waals surface area contributed by atoms with Crippen LogP contribution in [-0.2, 0) is 4.79 Å². The van der Waals surface area contributed by atoms with Gasteiger partial charge in [-0.1, -0.05) is 30.7 Å². The molecule has 0 saturated carbocycles. The first-order valence-corrected chi connectivity index (χ1v) is 7.08. The smallest absolute Gasteiger partial charge is 0.325 e. The van der Waals surface area contributed by atoms with Gasteiger partial charge in [0.1, 0.15) is 6.04 Å². The Hall–Kier alpha value is -1.94. The molecule has 20 heavy (non-hydrogen) atoms. The monoisotopic (exact) mass is 270 g/mol. The molecule has 4 nitrogen and oxygen atoms in total. The molecule has 2 aromatic rings. The zero-order valence-corrected chi connectivity index (χ0v) is 11.3. The summed E-state index contributed by atoms with van der Waals surface area (Å²) in [6.07, 6.45) is 5.06. The number of para-hydroxylation sites is 1. The number of piperidine rings is 1. The largest absolute Gasteiger partial charge is 0.480 e. The Bertz CT molecular complexity index is 615. The summed E-state index contributed by atoms with van der Waals surface area (Å²) >= 11 is 0. The predicted octanol–water partition coefficient (Wildman–Crippen LogP) is 2.85. The molecule has 1 N–H and O–H groups in total. The van der Waals surface area contributed by atoms with E-state index < -0.39 is 12.0 Å². The number of carbonyl (C=O) groups is 1. The lowest BCUT2D eigenvalue weighted by Gasteiger charge is -2.32. The number of benzene rings is 1. The van der Waals surface area contributed by atoms with Crippen LogP contribution in [0.3, 0.4) is 0 Å². The molecule has 2 heterocycles. The minimum atomic E-state index is -0.787. The molecule has 0 spiro atoms. The number of aromatic nitrogens is 1. The van der Waals surface area contributed by atoms with Gasteiger partial charge in [0.2, 0.25) is 0 Å². The summed E-state index contributed by atoms with van der Waals surface area (Å²) in [4.78, 5) is 18.2. The normalized spacial score (nSPS) is 18.0. The predicted molar refractivity (Wildman–Crippen MR) is 77.5 cm³/mol. The summed E-state index contributed by atoms with van der Waals surface area (Å²) < 4.78 is 0. The Morgan fingerprint density at radius 3 is 2.65 bits per heavy atom. The number of aliphatic carboxylic acids is 1. The fraction of sp³-hybridized carbons (Fsp3) is 0.375. The highest BCUT2D eigenvalue weighted by Crippen LogP contribution is 2.29. The van der Waals surface area contributed by atoms with Gasteiger partial charge in [-0.05, 0) is 32.0 Å². The van der Waals surface area contributed by atoms with Crippen molar-refractivity contribution in [2.45, 2.75) is 25.3 Å². The van der Waals surface area contributed by atoms with Crippen LogP contribution in [0.25, 0.3) is 10.9 Å². The number of hydrogen-bond donors (Lipinski definition) is 1. The summed E-state index contributed by atoms with van der Waals surface area (Å²) in [6.45, 7) is 1.69. The molecule has 1 aliphatic heterocycles. The summed E-state index contributed by atoms with van der Waals surface area (Å²) in [5, 5.41) is 10.7. The summed E-state index contributed by atoms with van der Waals surface area (Å²) in [7, 11) is 0. The molecule has 1 fully saturated rings. The van der Waals surface area contributed by atoms with Crippen LogP contribution in [0.1, 0.15) is 30.9 Å². The standard InChI is InChI=1S/C16H18N2O2/c19-16(20)15(18-10-2-1-3-11-18)13-8-4-6-12-7-5-9-17-14(12)13/h4-9,15H,1-3,10-11H2,(H,19,20). The molecule has 0 bridgehead atoms. The van der Waals surface area contributed by atoms with Crippen molar-refractivity contribution in [2.75, 3.05) is 13.1 Å². The number of hydrogen-bond acceptors (Lipinski definition) is 3. The van der Waals surface area contributed by atoms with E-state index in [9.17, 15) is 9.90 Å². The van der Waals surface area contributed by atoms with Crippen molar-refractivity contribution in [3.8, 4) is 0 Å². The first kappa shape index (κ1) is 13.1. The van der Waals surface area contributed by atoms with Gasteiger partial charge in [0.25, 0.3) is 0 Å². The summed E-state index contributed by atoms with van der Waals surface area (Å²) in [5.41, 5.74) is 1.60. The number of carboxylic acids is 1. The third-order valence-electron chi connectivity index (χ3n) is 3.95. The lowest BCUT2D eigenvalue weighted by atomic mass is 9.99. The number of nitrogens with zero attached hydrogens (tertiary/aromatic N) is 2. The van der Waals surface area contributed by atoms with E-state index in [1.165, 1.54) is 6.42 Å². The summed E-state index contributed by atoms with van der Waals surface area (Å²) in [5.74, 6) is -0.787. The number of fused-ring (bicyclic) bond motifs is 1. The first-order valence-electron chi connectivity index (χ1n) is 7.08. The highest BCUT2D eigenvalue weighted by atomic mass is 16.4. The van der Waals surface area contributed by atoms with Crippen LogP contribution in [0.4, 0.5) is 0 Å². The van der Waals surface area contributed by atoms with Crippen molar-refractivity contribution in [3.63, 3.8) is 0 Å². The second-order valence-electron chi connectivity index (χ2n) is 5.26. The maximum Gasteiger partial charge on any atom is 0.325 e. The molecule has 4 heteroatoms. The second kappa shape index (κ2) is 5.59. The van der Waals surface area contributed by atoms with Crippen LogP contribution in [0.5, 0.6) is 0 Å². The molecule has 0 radical (unpaired) electrons. The number of likely N-dealkylation sites (tertiary alicyclic amines) is 1. The average molecular weight is 270 g/mol. The van der Waals surface area contributed by atoms with Gasteiger partial charge >= 0.3 is 5.97 Å². The van der Waals surface area contributed by atoms with Crippen molar-refractivity contribution in [2.24, 2.45) is 0 Å². The maximum absolute atomic E-state index is 11.8. The van der Waals surface area contributed by atoms with E-state index >= 15 is 0 Å². The first-order chi connectivity index (χ1) is 9.77. The van der Waals surface area contributed by atoms with E-state index in [2.05, 4.69) is 9.88 Å². The van der Waals surface area contributed by atoms with Crippen LogP contribution >= 0.6 is 0 Å².